The van der Waals surface area contributed by atoms with Gasteiger partial charge < -0.3 is 14.5 Å². The zero-order chi connectivity index (χ0) is 17.0. The van der Waals surface area contributed by atoms with Crippen molar-refractivity contribution in [3.8, 4) is 6.07 Å². The molecule has 4 heterocycles. The van der Waals surface area contributed by atoms with E-state index in [2.05, 4.69) is 25.6 Å². The van der Waals surface area contributed by atoms with E-state index < -0.39 is 0 Å². The molecule has 0 spiro atoms. The highest BCUT2D eigenvalue weighted by Crippen LogP contribution is 2.40. The Morgan fingerprint density at radius 3 is 3.16 bits per heavy atom. The summed E-state index contributed by atoms with van der Waals surface area (Å²) in [5, 5.41) is 10.0. The van der Waals surface area contributed by atoms with Gasteiger partial charge in [-0.05, 0) is 25.3 Å². The third-order valence-corrected chi connectivity index (χ3v) is 5.49. The van der Waals surface area contributed by atoms with Crippen LogP contribution in [0.3, 0.4) is 0 Å². The second-order valence-electron chi connectivity index (χ2n) is 7.04. The van der Waals surface area contributed by atoms with Gasteiger partial charge in [-0.2, -0.15) is 5.26 Å². The molecule has 1 saturated heterocycles. The number of hydrogen-bond acceptors (Lipinski definition) is 4. The van der Waals surface area contributed by atoms with Crippen molar-refractivity contribution in [2.75, 3.05) is 13.1 Å². The lowest BCUT2D eigenvalue weighted by atomic mass is 10.0. The largest absolute Gasteiger partial charge is 0.346 e. The van der Waals surface area contributed by atoms with E-state index in [1.165, 1.54) is 0 Å². The number of aromatic nitrogens is 4. The standard InChI is InChI=1S/C18H18N6O/c19-7-11-6-14(11)18(25)23-5-1-2-12(9-23)24-10-22-15-8-21-17-13(16(15)24)3-4-20-17/h3-4,8,10-12,14H,1-2,5-6,9H2,(H,20,21)/t11-,12+,14-/m0/s1. The molecule has 0 unspecified atom stereocenters. The minimum Gasteiger partial charge on any atom is -0.346 e. The fraction of sp³-hybridized carbons (Fsp3) is 0.444. The lowest BCUT2D eigenvalue weighted by Crippen LogP contribution is -2.41. The Morgan fingerprint density at radius 1 is 1.40 bits per heavy atom. The first-order valence-electron chi connectivity index (χ1n) is 8.73. The first-order chi connectivity index (χ1) is 12.3. The van der Waals surface area contributed by atoms with Crippen LogP contribution in [0.2, 0.25) is 0 Å². The molecule has 0 aromatic carbocycles. The highest BCUT2D eigenvalue weighted by Gasteiger charge is 2.46. The van der Waals surface area contributed by atoms with E-state index in [1.807, 2.05) is 23.5 Å². The van der Waals surface area contributed by atoms with Crippen LogP contribution in [0.15, 0.2) is 24.8 Å². The number of imidazole rings is 1. The van der Waals surface area contributed by atoms with E-state index in [0.29, 0.717) is 6.54 Å². The van der Waals surface area contributed by atoms with Gasteiger partial charge in [0.1, 0.15) is 11.2 Å². The molecule has 1 aliphatic carbocycles. The van der Waals surface area contributed by atoms with E-state index in [0.717, 1.165) is 47.9 Å². The Balaban J connectivity index is 1.47. The highest BCUT2D eigenvalue weighted by atomic mass is 16.2. The number of nitriles is 1. The van der Waals surface area contributed by atoms with Gasteiger partial charge in [0.15, 0.2) is 0 Å². The molecule has 5 rings (SSSR count). The van der Waals surface area contributed by atoms with Crippen molar-refractivity contribution in [2.24, 2.45) is 11.8 Å². The van der Waals surface area contributed by atoms with Crippen molar-refractivity contribution in [3.63, 3.8) is 0 Å². The fourth-order valence-corrected chi connectivity index (χ4v) is 4.04. The van der Waals surface area contributed by atoms with Crippen LogP contribution in [-0.2, 0) is 4.79 Å². The van der Waals surface area contributed by atoms with E-state index in [9.17, 15) is 4.79 Å². The van der Waals surface area contributed by atoms with Crippen LogP contribution in [0.25, 0.3) is 22.1 Å². The van der Waals surface area contributed by atoms with Crippen molar-refractivity contribution in [1.29, 1.82) is 5.26 Å². The lowest BCUT2D eigenvalue weighted by molar-refractivity contribution is -0.134. The van der Waals surface area contributed by atoms with Crippen LogP contribution in [0.5, 0.6) is 0 Å². The summed E-state index contributed by atoms with van der Waals surface area (Å²) in [4.78, 5) is 26.6. The molecule has 0 bridgehead atoms. The second-order valence-corrected chi connectivity index (χ2v) is 7.04. The maximum atomic E-state index is 12.6. The van der Waals surface area contributed by atoms with Crippen LogP contribution < -0.4 is 0 Å². The van der Waals surface area contributed by atoms with Crippen LogP contribution >= 0.6 is 0 Å². The Labute approximate surface area is 144 Å². The molecule has 1 aliphatic heterocycles. The number of nitrogens with one attached hydrogen (secondary N) is 1. The summed E-state index contributed by atoms with van der Waals surface area (Å²) in [6, 6.07) is 4.45. The van der Waals surface area contributed by atoms with Crippen molar-refractivity contribution in [3.05, 3.63) is 24.8 Å². The third kappa shape index (κ3) is 2.21. The molecule has 25 heavy (non-hydrogen) atoms. The van der Waals surface area contributed by atoms with E-state index >= 15 is 0 Å². The molecule has 126 valence electrons. The normalized spacial score (nSPS) is 26.0. The van der Waals surface area contributed by atoms with E-state index in [1.54, 1.807) is 6.20 Å². The van der Waals surface area contributed by atoms with Gasteiger partial charge in [0.2, 0.25) is 5.91 Å². The molecule has 2 fully saturated rings. The number of aromatic amines is 1. The van der Waals surface area contributed by atoms with Gasteiger partial charge in [-0.3, -0.25) is 4.79 Å². The number of pyridine rings is 1. The molecule has 3 atom stereocenters. The van der Waals surface area contributed by atoms with Crippen LogP contribution in [0, 0.1) is 23.2 Å². The fourth-order valence-electron chi connectivity index (χ4n) is 4.04. The molecule has 1 N–H and O–H groups in total. The Kier molecular flexibility index (Phi) is 3.07. The number of piperidine rings is 1. The number of hydrogen-bond donors (Lipinski definition) is 1. The summed E-state index contributed by atoms with van der Waals surface area (Å²) >= 11 is 0. The number of carbonyl (C=O) groups excluding carboxylic acids is 1. The number of rotatable bonds is 2. The number of fused-ring (bicyclic) bond motifs is 3. The zero-order valence-corrected chi connectivity index (χ0v) is 13.7. The van der Waals surface area contributed by atoms with Crippen molar-refractivity contribution in [2.45, 2.75) is 25.3 Å². The SMILES string of the molecule is N#C[C@@H]1C[C@@H]1C(=O)N1CCC[C@@H](n2cnc3cnc4[nH]ccc4c32)C1. The highest BCUT2D eigenvalue weighted by molar-refractivity contribution is 6.01. The summed E-state index contributed by atoms with van der Waals surface area (Å²) in [6.45, 7) is 1.48. The van der Waals surface area contributed by atoms with E-state index in [-0.39, 0.29) is 23.8 Å². The summed E-state index contributed by atoms with van der Waals surface area (Å²) in [7, 11) is 0. The molecule has 7 heteroatoms. The zero-order valence-electron chi connectivity index (χ0n) is 13.7. The molecular formula is C18H18N6O. The molecule has 2 aliphatic rings. The van der Waals surface area contributed by atoms with Gasteiger partial charge in [0.05, 0.1) is 42.0 Å². The van der Waals surface area contributed by atoms with Crippen molar-refractivity contribution < 1.29 is 4.79 Å². The Morgan fingerprint density at radius 2 is 2.32 bits per heavy atom. The first kappa shape index (κ1) is 14.5. The molecule has 0 radical (unpaired) electrons. The topological polar surface area (TPSA) is 90.6 Å². The molecule has 1 amide bonds. The molecule has 3 aromatic rings. The van der Waals surface area contributed by atoms with Gasteiger partial charge in [-0.15, -0.1) is 0 Å². The summed E-state index contributed by atoms with van der Waals surface area (Å²) < 4.78 is 2.20. The minimum atomic E-state index is -0.0798. The minimum absolute atomic E-state index is 0.0764. The quantitative estimate of drug-likeness (QED) is 0.778. The first-order valence-corrected chi connectivity index (χ1v) is 8.73. The summed E-state index contributed by atoms with van der Waals surface area (Å²) in [6.07, 6.45) is 8.27. The molecule has 1 saturated carbocycles. The van der Waals surface area contributed by atoms with Gasteiger partial charge in [-0.25, -0.2) is 9.97 Å². The lowest BCUT2D eigenvalue weighted by Gasteiger charge is -2.34. The number of carbonyl (C=O) groups is 1. The number of nitrogens with zero attached hydrogens (tertiary/aromatic N) is 5. The average Bonchev–Trinajstić information content (AvgIpc) is 3.07. The van der Waals surface area contributed by atoms with Gasteiger partial charge >= 0.3 is 0 Å². The van der Waals surface area contributed by atoms with Crippen molar-refractivity contribution in [1.82, 2.24) is 24.4 Å². The molecular weight excluding hydrogens is 316 g/mol. The monoisotopic (exact) mass is 334 g/mol. The van der Waals surface area contributed by atoms with Crippen LogP contribution in [0.1, 0.15) is 25.3 Å². The second kappa shape index (κ2) is 5.31. The smallest absolute Gasteiger partial charge is 0.227 e. The predicted molar refractivity (Wildman–Crippen MR) is 91.4 cm³/mol. The van der Waals surface area contributed by atoms with Crippen LogP contribution in [0.4, 0.5) is 0 Å². The Hall–Kier alpha value is -2.88. The van der Waals surface area contributed by atoms with Gasteiger partial charge in [-0.1, -0.05) is 0 Å². The Bertz CT molecular complexity index is 1010. The molecule has 7 nitrogen and oxygen atoms in total. The number of likely N-dealkylation sites (tertiary alicyclic amines) is 1. The maximum absolute atomic E-state index is 12.6. The number of amides is 1. The van der Waals surface area contributed by atoms with Crippen molar-refractivity contribution >= 4 is 28.0 Å². The van der Waals surface area contributed by atoms with Gasteiger partial charge in [0.25, 0.3) is 0 Å². The number of H-pyrrole nitrogens is 1. The van der Waals surface area contributed by atoms with Crippen LogP contribution in [-0.4, -0.2) is 43.4 Å². The third-order valence-electron chi connectivity index (χ3n) is 5.49. The van der Waals surface area contributed by atoms with Gasteiger partial charge in [0, 0.05) is 24.7 Å². The summed E-state index contributed by atoms with van der Waals surface area (Å²) in [5.74, 6) is -0.00880. The molecule has 3 aromatic heterocycles. The van der Waals surface area contributed by atoms with E-state index in [4.69, 9.17) is 5.26 Å². The predicted octanol–water partition coefficient (Wildman–Crippen LogP) is 2.24. The maximum Gasteiger partial charge on any atom is 0.227 e. The summed E-state index contributed by atoms with van der Waals surface area (Å²) in [5.41, 5.74) is 2.81. The average molecular weight is 334 g/mol.